The molecule has 0 atom stereocenters. The Labute approximate surface area is 146 Å². The summed E-state index contributed by atoms with van der Waals surface area (Å²) >= 11 is 0. The molecule has 0 aliphatic heterocycles. The lowest BCUT2D eigenvalue weighted by molar-refractivity contribution is -0.122. The van der Waals surface area contributed by atoms with Crippen LogP contribution in [0.25, 0.3) is 0 Å². The van der Waals surface area contributed by atoms with Crippen LogP contribution in [0.3, 0.4) is 0 Å². The molecule has 0 heterocycles. The van der Waals surface area contributed by atoms with Crippen molar-refractivity contribution in [2.45, 2.75) is 19.3 Å². The SMILES string of the molecule is O=C(CCCC(=O)NN=Cc1ccccc1)NN=Cc1ccccc1. The molecule has 2 amide bonds. The van der Waals surface area contributed by atoms with Crippen LogP contribution in [0.1, 0.15) is 30.4 Å². The zero-order valence-electron chi connectivity index (χ0n) is 13.8. The highest BCUT2D eigenvalue weighted by atomic mass is 16.2. The highest BCUT2D eigenvalue weighted by Crippen LogP contribution is 1.97. The molecule has 6 nitrogen and oxygen atoms in total. The average Bonchev–Trinajstić information content (AvgIpc) is 2.63. The Kier molecular flexibility index (Phi) is 7.58. The van der Waals surface area contributed by atoms with Gasteiger partial charge in [-0.3, -0.25) is 9.59 Å². The van der Waals surface area contributed by atoms with Gasteiger partial charge in [0.2, 0.25) is 11.8 Å². The predicted octanol–water partition coefficient (Wildman–Crippen LogP) is 2.46. The van der Waals surface area contributed by atoms with E-state index in [-0.39, 0.29) is 24.7 Å². The van der Waals surface area contributed by atoms with Gasteiger partial charge in [0.25, 0.3) is 0 Å². The standard InChI is InChI=1S/C19H20N4O2/c24-18(22-20-14-16-8-3-1-4-9-16)12-7-13-19(25)23-21-15-17-10-5-2-6-11-17/h1-6,8-11,14-15H,7,12-13H2,(H,22,24)(H,23,25). The first kappa shape index (κ1) is 18.1. The molecule has 0 saturated heterocycles. The largest absolute Gasteiger partial charge is 0.273 e. The van der Waals surface area contributed by atoms with Crippen molar-refractivity contribution in [3.8, 4) is 0 Å². The Morgan fingerprint density at radius 2 is 1.12 bits per heavy atom. The summed E-state index contributed by atoms with van der Waals surface area (Å²) < 4.78 is 0. The maximum atomic E-state index is 11.6. The third-order valence-corrected chi connectivity index (χ3v) is 3.21. The molecule has 25 heavy (non-hydrogen) atoms. The normalized spacial score (nSPS) is 10.9. The first-order valence-corrected chi connectivity index (χ1v) is 7.98. The van der Waals surface area contributed by atoms with Gasteiger partial charge in [0.1, 0.15) is 0 Å². The second kappa shape index (κ2) is 10.5. The first-order valence-electron chi connectivity index (χ1n) is 7.98. The summed E-state index contributed by atoms with van der Waals surface area (Å²) in [4.78, 5) is 23.3. The second-order valence-corrected chi connectivity index (χ2v) is 5.26. The molecule has 6 heteroatoms. The van der Waals surface area contributed by atoms with E-state index >= 15 is 0 Å². The van der Waals surface area contributed by atoms with Crippen molar-refractivity contribution in [3.05, 3.63) is 71.8 Å². The van der Waals surface area contributed by atoms with E-state index in [9.17, 15) is 9.59 Å². The number of hydrogen-bond donors (Lipinski definition) is 2. The lowest BCUT2D eigenvalue weighted by atomic mass is 10.2. The molecule has 0 aliphatic carbocycles. The van der Waals surface area contributed by atoms with Crippen LogP contribution in [0.4, 0.5) is 0 Å². The maximum absolute atomic E-state index is 11.6. The molecule has 2 aromatic rings. The highest BCUT2D eigenvalue weighted by molar-refractivity contribution is 5.83. The Balaban J connectivity index is 1.59. The Morgan fingerprint density at radius 1 is 0.720 bits per heavy atom. The van der Waals surface area contributed by atoms with Crippen LogP contribution in [-0.2, 0) is 9.59 Å². The van der Waals surface area contributed by atoms with E-state index in [1.807, 2.05) is 60.7 Å². The molecule has 0 unspecified atom stereocenters. The number of nitrogens with zero attached hydrogens (tertiary/aromatic N) is 2. The second-order valence-electron chi connectivity index (χ2n) is 5.26. The van der Waals surface area contributed by atoms with E-state index in [0.29, 0.717) is 6.42 Å². The predicted molar refractivity (Wildman–Crippen MR) is 98.2 cm³/mol. The van der Waals surface area contributed by atoms with Gasteiger partial charge in [-0.2, -0.15) is 10.2 Å². The molecule has 0 aromatic heterocycles. The van der Waals surface area contributed by atoms with Gasteiger partial charge >= 0.3 is 0 Å². The fourth-order valence-corrected chi connectivity index (χ4v) is 1.96. The molecular formula is C19H20N4O2. The number of amides is 2. The van der Waals surface area contributed by atoms with Crippen LogP contribution in [0.5, 0.6) is 0 Å². The summed E-state index contributed by atoms with van der Waals surface area (Å²) in [5.41, 5.74) is 6.68. The van der Waals surface area contributed by atoms with Gasteiger partial charge in [0, 0.05) is 12.8 Å². The molecule has 0 radical (unpaired) electrons. The Hall–Kier alpha value is -3.28. The smallest absolute Gasteiger partial charge is 0.240 e. The summed E-state index contributed by atoms with van der Waals surface area (Å²) in [6.07, 6.45) is 4.02. The molecule has 2 N–H and O–H groups in total. The molecular weight excluding hydrogens is 316 g/mol. The topological polar surface area (TPSA) is 82.9 Å². The van der Waals surface area contributed by atoms with E-state index in [0.717, 1.165) is 11.1 Å². The Morgan fingerprint density at radius 3 is 1.52 bits per heavy atom. The fraction of sp³-hybridized carbons (Fsp3) is 0.158. The van der Waals surface area contributed by atoms with Crippen molar-refractivity contribution in [2.75, 3.05) is 0 Å². The minimum Gasteiger partial charge on any atom is -0.273 e. The molecule has 0 bridgehead atoms. The number of benzene rings is 2. The van der Waals surface area contributed by atoms with Crippen molar-refractivity contribution in [3.63, 3.8) is 0 Å². The van der Waals surface area contributed by atoms with E-state index in [2.05, 4.69) is 21.1 Å². The summed E-state index contributed by atoms with van der Waals surface area (Å²) in [6, 6.07) is 18.9. The van der Waals surface area contributed by atoms with Crippen LogP contribution >= 0.6 is 0 Å². The van der Waals surface area contributed by atoms with Crippen LogP contribution in [-0.4, -0.2) is 24.2 Å². The summed E-state index contributed by atoms with van der Waals surface area (Å²) in [5, 5.41) is 7.75. The highest BCUT2D eigenvalue weighted by Gasteiger charge is 2.03. The minimum absolute atomic E-state index is 0.224. The van der Waals surface area contributed by atoms with Crippen molar-refractivity contribution in [1.29, 1.82) is 0 Å². The number of rotatable bonds is 8. The third-order valence-electron chi connectivity index (χ3n) is 3.21. The number of hydrogen-bond acceptors (Lipinski definition) is 4. The van der Waals surface area contributed by atoms with Gasteiger partial charge < -0.3 is 0 Å². The molecule has 0 spiro atoms. The lowest BCUT2D eigenvalue weighted by Crippen LogP contribution is -2.20. The lowest BCUT2D eigenvalue weighted by Gasteiger charge is -2.00. The quantitative estimate of drug-likeness (QED) is 0.573. The van der Waals surface area contributed by atoms with Crippen molar-refractivity contribution < 1.29 is 9.59 Å². The summed E-state index contributed by atoms with van der Waals surface area (Å²) in [5.74, 6) is -0.458. The molecule has 0 saturated carbocycles. The first-order chi connectivity index (χ1) is 12.2. The van der Waals surface area contributed by atoms with Crippen molar-refractivity contribution in [1.82, 2.24) is 10.9 Å². The molecule has 0 aliphatic rings. The molecule has 0 fully saturated rings. The van der Waals surface area contributed by atoms with E-state index in [4.69, 9.17) is 0 Å². The van der Waals surface area contributed by atoms with Crippen LogP contribution < -0.4 is 10.9 Å². The number of nitrogens with one attached hydrogen (secondary N) is 2. The number of hydrazone groups is 2. The van der Waals surface area contributed by atoms with Crippen LogP contribution in [0.2, 0.25) is 0 Å². The van der Waals surface area contributed by atoms with Gasteiger partial charge in [-0.1, -0.05) is 60.7 Å². The molecule has 2 rings (SSSR count). The van der Waals surface area contributed by atoms with Crippen LogP contribution in [0.15, 0.2) is 70.9 Å². The zero-order valence-corrected chi connectivity index (χ0v) is 13.8. The minimum atomic E-state index is -0.229. The fourth-order valence-electron chi connectivity index (χ4n) is 1.96. The zero-order chi connectivity index (χ0) is 17.7. The van der Waals surface area contributed by atoms with Gasteiger partial charge in [0.05, 0.1) is 12.4 Å². The number of carbonyl (C=O) groups is 2. The van der Waals surface area contributed by atoms with Gasteiger partial charge in [0.15, 0.2) is 0 Å². The Bertz CT molecular complexity index is 664. The average molecular weight is 336 g/mol. The van der Waals surface area contributed by atoms with Gasteiger partial charge in [-0.25, -0.2) is 10.9 Å². The third kappa shape index (κ3) is 7.69. The summed E-state index contributed by atoms with van der Waals surface area (Å²) in [6.45, 7) is 0. The van der Waals surface area contributed by atoms with Crippen molar-refractivity contribution >= 4 is 24.2 Å². The van der Waals surface area contributed by atoms with E-state index in [1.54, 1.807) is 12.4 Å². The number of carbonyl (C=O) groups excluding carboxylic acids is 2. The summed E-state index contributed by atoms with van der Waals surface area (Å²) in [7, 11) is 0. The molecule has 2 aromatic carbocycles. The van der Waals surface area contributed by atoms with Crippen LogP contribution in [0, 0.1) is 0 Å². The van der Waals surface area contributed by atoms with Gasteiger partial charge in [-0.05, 0) is 17.5 Å². The van der Waals surface area contributed by atoms with Gasteiger partial charge in [-0.15, -0.1) is 0 Å². The van der Waals surface area contributed by atoms with E-state index in [1.165, 1.54) is 0 Å². The van der Waals surface area contributed by atoms with E-state index < -0.39 is 0 Å². The maximum Gasteiger partial charge on any atom is 0.240 e. The van der Waals surface area contributed by atoms with Crippen molar-refractivity contribution in [2.24, 2.45) is 10.2 Å². The molecule has 128 valence electrons. The monoisotopic (exact) mass is 336 g/mol.